The van der Waals surface area contributed by atoms with E-state index in [4.69, 9.17) is 45.5 Å². The molecule has 0 atom stereocenters. The third kappa shape index (κ3) is 43.9. The second-order valence-corrected chi connectivity index (χ2v) is 10.6. The Hall–Kier alpha value is -2.12. The van der Waals surface area contributed by atoms with E-state index in [0.29, 0.717) is 58.8 Å². The van der Waals surface area contributed by atoms with Gasteiger partial charge in [0.25, 0.3) is 0 Å². The highest BCUT2D eigenvalue weighted by molar-refractivity contribution is 6.66. The fourth-order valence-corrected chi connectivity index (χ4v) is 4.15. The van der Waals surface area contributed by atoms with Crippen LogP contribution in [0.3, 0.4) is 0 Å². The van der Waals surface area contributed by atoms with E-state index in [9.17, 15) is 14.4 Å². The maximum atomic E-state index is 10.7. The van der Waals surface area contributed by atoms with E-state index in [2.05, 4.69) is 24.5 Å². The molecule has 47 heavy (non-hydrogen) atoms. The van der Waals surface area contributed by atoms with E-state index in [1.54, 1.807) is 0 Å². The molecule has 0 aliphatic heterocycles. The number of allylic oxidation sites excluding steroid dienone is 1. The van der Waals surface area contributed by atoms with Crippen molar-refractivity contribution in [2.45, 2.75) is 78.1 Å². The van der Waals surface area contributed by atoms with Gasteiger partial charge in [-0.1, -0.05) is 58.3 Å². The summed E-state index contributed by atoms with van der Waals surface area (Å²) in [5, 5.41) is 16.0. The molecule has 0 saturated heterocycles. The molecule has 0 bridgehead atoms. The van der Waals surface area contributed by atoms with E-state index in [0.717, 1.165) is 31.3 Å². The Balaban J connectivity index is -0.000000543. The van der Waals surface area contributed by atoms with Crippen LogP contribution in [0.15, 0.2) is 38.0 Å². The number of carbonyl (C=O) groups excluding carboxylic acids is 3. The molecule has 0 unspecified atom stereocenters. The average Bonchev–Trinajstić information content (AvgIpc) is 3.11. The number of halogens is 1. The van der Waals surface area contributed by atoms with Gasteiger partial charge < -0.3 is 38.6 Å². The first-order valence-corrected chi connectivity index (χ1v) is 17.1. The number of esters is 2. The Kier molecular flexibility index (Phi) is 43.9. The van der Waals surface area contributed by atoms with Crippen molar-refractivity contribution in [3.05, 3.63) is 38.0 Å². The zero-order valence-corrected chi connectivity index (χ0v) is 29.8. The fourth-order valence-electron chi connectivity index (χ4n) is 4.15. The first-order valence-electron chi connectivity index (χ1n) is 16.7. The van der Waals surface area contributed by atoms with Crippen LogP contribution in [-0.2, 0) is 42.8 Å². The van der Waals surface area contributed by atoms with Crippen LogP contribution >= 0.6 is 11.6 Å². The summed E-state index contributed by atoms with van der Waals surface area (Å²) in [5.74, 6) is 0.708. The third-order valence-electron chi connectivity index (χ3n) is 6.47. The van der Waals surface area contributed by atoms with Crippen LogP contribution in [0.5, 0.6) is 0 Å². The summed E-state index contributed by atoms with van der Waals surface area (Å²) < 4.78 is 29.8. The van der Waals surface area contributed by atoms with Gasteiger partial charge in [0.15, 0.2) is 0 Å². The van der Waals surface area contributed by atoms with Gasteiger partial charge >= 0.3 is 11.9 Å². The topological polar surface area (TPSA) is 147 Å². The summed E-state index contributed by atoms with van der Waals surface area (Å²) in [7, 11) is 0. The van der Waals surface area contributed by atoms with Gasteiger partial charge in [-0.15, -0.1) is 0 Å². The van der Waals surface area contributed by atoms with E-state index in [1.807, 2.05) is 13.8 Å². The van der Waals surface area contributed by atoms with Crippen molar-refractivity contribution in [2.24, 2.45) is 11.8 Å². The van der Waals surface area contributed by atoms with Crippen LogP contribution in [0, 0.1) is 11.8 Å². The minimum Gasteiger partial charge on any atom is -0.460 e. The number of ether oxygens (including phenoxy) is 6. The smallest absolute Gasteiger partial charge is 0.330 e. The maximum absolute atomic E-state index is 10.7. The predicted octanol–water partition coefficient (Wildman–Crippen LogP) is 5.59. The van der Waals surface area contributed by atoms with Crippen LogP contribution in [0.2, 0.25) is 0 Å². The standard InChI is InChI=1S/C12H20O3.C9H18O2.C7H12O3.C4H10O2.C3H3ClO/c1-2-12(13)15-9-8-14-10-11-6-4-3-5-7-11;10-6-7-11-8-9-4-2-1-3-5-9;1-3-7(8)10-6-5-9-4-2;1-2-6-4-3-5;1-2-3(4)5/h2,11H,1,3-10H2;9-10H,1-8H2;3H,1,4-6H2,2H3;5H,2-4H2,1H3;2H,1H2. The van der Waals surface area contributed by atoms with Gasteiger partial charge in [-0.3, -0.25) is 4.79 Å². The van der Waals surface area contributed by atoms with Crippen LogP contribution < -0.4 is 0 Å². The molecule has 0 amide bonds. The lowest BCUT2D eigenvalue weighted by atomic mass is 9.90. The number of aliphatic hydroxyl groups is 2. The molecule has 0 aromatic carbocycles. The quantitative estimate of drug-likeness (QED) is 0.0755. The van der Waals surface area contributed by atoms with Gasteiger partial charge in [0.05, 0.1) is 39.6 Å². The largest absolute Gasteiger partial charge is 0.460 e. The van der Waals surface area contributed by atoms with Gasteiger partial charge in [-0.2, -0.15) is 0 Å². The van der Waals surface area contributed by atoms with E-state index in [-0.39, 0.29) is 19.2 Å². The lowest BCUT2D eigenvalue weighted by Crippen LogP contribution is -2.16. The van der Waals surface area contributed by atoms with Crippen molar-refractivity contribution in [1.82, 2.24) is 0 Å². The van der Waals surface area contributed by atoms with Gasteiger partial charge in [-0.25, -0.2) is 9.59 Å². The minimum atomic E-state index is -0.509. The highest BCUT2D eigenvalue weighted by atomic mass is 35.5. The first kappa shape index (κ1) is 49.3. The zero-order chi connectivity index (χ0) is 35.8. The minimum absolute atomic E-state index is 0.133. The number of carbonyl (C=O) groups is 3. The molecule has 0 spiro atoms. The molecule has 0 radical (unpaired) electrons. The average molecular weight is 695 g/mol. The fraction of sp³-hybridized carbons (Fsp3) is 0.743. The van der Waals surface area contributed by atoms with Crippen LogP contribution in [0.1, 0.15) is 78.1 Å². The monoisotopic (exact) mass is 694 g/mol. The third-order valence-corrected chi connectivity index (χ3v) is 6.63. The number of hydrogen-bond acceptors (Lipinski definition) is 11. The second kappa shape index (κ2) is 41.9. The summed E-state index contributed by atoms with van der Waals surface area (Å²) >= 11 is 4.71. The van der Waals surface area contributed by atoms with Crippen LogP contribution in [-0.4, -0.2) is 107 Å². The summed E-state index contributed by atoms with van der Waals surface area (Å²) in [4.78, 5) is 30.5. The van der Waals surface area contributed by atoms with Gasteiger partial charge in [0.1, 0.15) is 13.2 Å². The molecule has 2 N–H and O–H groups in total. The lowest BCUT2D eigenvalue weighted by molar-refractivity contribution is -0.140. The second-order valence-electron chi connectivity index (χ2n) is 10.3. The molecule has 2 saturated carbocycles. The molecular weight excluding hydrogens is 632 g/mol. The summed E-state index contributed by atoms with van der Waals surface area (Å²) in [6.45, 7) is 19.3. The van der Waals surface area contributed by atoms with Crippen LogP contribution in [0.4, 0.5) is 0 Å². The van der Waals surface area contributed by atoms with Crippen molar-refractivity contribution in [3.8, 4) is 0 Å². The Bertz CT molecular complexity index is 733. The molecule has 2 rings (SSSR count). The van der Waals surface area contributed by atoms with Gasteiger partial charge in [0.2, 0.25) is 5.24 Å². The highest BCUT2D eigenvalue weighted by Crippen LogP contribution is 2.24. The number of hydrogen-bond donors (Lipinski definition) is 2. The molecule has 0 heterocycles. The van der Waals surface area contributed by atoms with Crippen molar-refractivity contribution in [1.29, 1.82) is 0 Å². The Morgan fingerprint density at radius 1 is 0.596 bits per heavy atom. The number of aliphatic hydroxyl groups excluding tert-OH is 2. The first-order chi connectivity index (χ1) is 22.7. The number of rotatable bonds is 19. The Morgan fingerprint density at radius 3 is 1.26 bits per heavy atom. The summed E-state index contributed by atoms with van der Waals surface area (Å²) in [6, 6.07) is 0. The SMILES string of the molecule is C=CC(=O)Cl.C=CC(=O)OCCOCC.C=CC(=O)OCCOCC1CCCCC1.CCOCCO.OCCOCC1CCCCC1. The van der Waals surface area contributed by atoms with E-state index >= 15 is 0 Å². The summed E-state index contributed by atoms with van der Waals surface area (Å²) in [5.41, 5.74) is 0. The molecule has 0 aromatic heterocycles. The zero-order valence-electron chi connectivity index (χ0n) is 29.0. The predicted molar refractivity (Wildman–Crippen MR) is 185 cm³/mol. The molecule has 2 aliphatic rings. The molecule has 276 valence electrons. The molecule has 12 heteroatoms. The molecule has 11 nitrogen and oxygen atoms in total. The van der Waals surface area contributed by atoms with Crippen molar-refractivity contribution < 1.29 is 53.0 Å². The lowest BCUT2D eigenvalue weighted by Gasteiger charge is -2.21. The van der Waals surface area contributed by atoms with Gasteiger partial charge in [0, 0.05) is 38.6 Å². The van der Waals surface area contributed by atoms with Crippen molar-refractivity contribution in [2.75, 3.05) is 79.3 Å². The highest BCUT2D eigenvalue weighted by Gasteiger charge is 2.13. The normalized spacial score (nSPS) is 14.1. The Morgan fingerprint density at radius 2 is 0.936 bits per heavy atom. The molecule has 2 aliphatic carbocycles. The summed E-state index contributed by atoms with van der Waals surface area (Å²) in [6.07, 6.45) is 16.7. The van der Waals surface area contributed by atoms with Crippen molar-refractivity contribution >= 4 is 28.8 Å². The van der Waals surface area contributed by atoms with Crippen molar-refractivity contribution in [3.63, 3.8) is 0 Å². The molecular formula is C35H63ClO11. The van der Waals surface area contributed by atoms with Gasteiger partial charge in [-0.05, 0) is 69.0 Å². The molecule has 2 fully saturated rings. The van der Waals surface area contributed by atoms with E-state index < -0.39 is 11.2 Å². The van der Waals surface area contributed by atoms with Crippen LogP contribution in [0.25, 0.3) is 0 Å². The maximum Gasteiger partial charge on any atom is 0.330 e. The Labute approximate surface area is 288 Å². The van der Waals surface area contributed by atoms with E-state index in [1.165, 1.54) is 70.3 Å². The molecule has 0 aromatic rings.